The van der Waals surface area contributed by atoms with Gasteiger partial charge in [0.2, 0.25) is 0 Å². The maximum Gasteiger partial charge on any atom is 0.379 e. The number of ketones is 1. The molecule has 0 spiro atoms. The molecule has 0 amide bonds. The highest BCUT2D eigenvalue weighted by atomic mass is 35.5. The highest BCUT2D eigenvalue weighted by Crippen LogP contribution is 2.31. The third-order valence-corrected chi connectivity index (χ3v) is 3.30. The fraction of sp³-hybridized carbons (Fsp3) is 0.0667. The van der Waals surface area contributed by atoms with Crippen molar-refractivity contribution in [3.8, 4) is 0 Å². The molecule has 3 aromatic rings. The number of rotatable bonds is 2. The lowest BCUT2D eigenvalue weighted by Crippen LogP contribution is -2.15. The van der Waals surface area contributed by atoms with Gasteiger partial charge in [0, 0.05) is 27.4 Å². The van der Waals surface area contributed by atoms with Gasteiger partial charge in [0.25, 0.3) is 5.78 Å². The van der Waals surface area contributed by atoms with Crippen molar-refractivity contribution in [2.75, 3.05) is 7.11 Å². The van der Waals surface area contributed by atoms with Crippen molar-refractivity contribution in [3.63, 3.8) is 0 Å². The number of methoxy groups -OCH3 is 1. The van der Waals surface area contributed by atoms with Crippen molar-refractivity contribution in [1.82, 2.24) is 0 Å². The Balaban J connectivity index is 2.19. The molecule has 1 aromatic heterocycles. The van der Waals surface area contributed by atoms with Gasteiger partial charge >= 0.3 is 5.97 Å². The summed E-state index contributed by atoms with van der Waals surface area (Å²) < 4.78 is 10.1. The Kier molecular flexibility index (Phi) is 2.95. The van der Waals surface area contributed by atoms with Gasteiger partial charge in [-0.05, 0) is 30.3 Å². The smallest absolute Gasteiger partial charge is 0.379 e. The standard InChI is InChI=1S/C15H9ClO4/c1-19-15(18)14(17)8-2-4-10-11-5-3-9(16)7-13(11)20-12(10)6-8/h2-7H,1H3. The molecule has 0 radical (unpaired) electrons. The third-order valence-electron chi connectivity index (χ3n) is 3.07. The largest absolute Gasteiger partial charge is 0.463 e. The van der Waals surface area contributed by atoms with Crippen LogP contribution in [-0.4, -0.2) is 18.9 Å². The van der Waals surface area contributed by atoms with Crippen LogP contribution in [0.5, 0.6) is 0 Å². The van der Waals surface area contributed by atoms with Gasteiger partial charge in [0.05, 0.1) is 7.11 Å². The number of carbonyl (C=O) groups excluding carboxylic acids is 2. The van der Waals surface area contributed by atoms with Gasteiger partial charge in [-0.25, -0.2) is 4.79 Å². The van der Waals surface area contributed by atoms with Crippen molar-refractivity contribution in [3.05, 3.63) is 47.0 Å². The van der Waals surface area contributed by atoms with E-state index in [0.717, 1.165) is 10.8 Å². The molecule has 0 N–H and O–H groups in total. The van der Waals surface area contributed by atoms with Gasteiger partial charge in [-0.2, -0.15) is 0 Å². The number of furan rings is 1. The molecular formula is C15H9ClO4. The van der Waals surface area contributed by atoms with Crippen LogP contribution in [0.25, 0.3) is 21.9 Å². The molecule has 20 heavy (non-hydrogen) atoms. The highest BCUT2D eigenvalue weighted by molar-refractivity contribution is 6.41. The maximum absolute atomic E-state index is 11.8. The summed E-state index contributed by atoms with van der Waals surface area (Å²) in [5.74, 6) is -1.60. The van der Waals surface area contributed by atoms with Crippen molar-refractivity contribution in [2.45, 2.75) is 0 Å². The van der Waals surface area contributed by atoms with E-state index in [9.17, 15) is 9.59 Å². The lowest BCUT2D eigenvalue weighted by Gasteiger charge is -1.98. The number of carbonyl (C=O) groups is 2. The molecule has 1 heterocycles. The number of halogens is 1. The zero-order valence-electron chi connectivity index (χ0n) is 10.5. The van der Waals surface area contributed by atoms with Crippen LogP contribution in [-0.2, 0) is 9.53 Å². The number of ether oxygens (including phenoxy) is 1. The Hall–Kier alpha value is -2.33. The Morgan fingerprint density at radius 1 is 1.05 bits per heavy atom. The van der Waals surface area contributed by atoms with E-state index < -0.39 is 11.8 Å². The van der Waals surface area contributed by atoms with E-state index in [1.165, 1.54) is 13.2 Å². The number of esters is 1. The Morgan fingerprint density at radius 3 is 2.40 bits per heavy atom. The molecule has 0 bridgehead atoms. The molecule has 0 unspecified atom stereocenters. The molecule has 100 valence electrons. The van der Waals surface area contributed by atoms with Crippen LogP contribution in [0.3, 0.4) is 0 Å². The first-order valence-electron chi connectivity index (χ1n) is 5.84. The first-order valence-corrected chi connectivity index (χ1v) is 6.22. The minimum atomic E-state index is -0.900. The van der Waals surface area contributed by atoms with E-state index in [1.54, 1.807) is 24.3 Å². The zero-order chi connectivity index (χ0) is 14.3. The summed E-state index contributed by atoms with van der Waals surface area (Å²) in [6.07, 6.45) is 0. The second-order valence-electron chi connectivity index (χ2n) is 4.27. The zero-order valence-corrected chi connectivity index (χ0v) is 11.2. The van der Waals surface area contributed by atoms with E-state index in [1.807, 2.05) is 6.07 Å². The Labute approximate surface area is 118 Å². The Morgan fingerprint density at radius 2 is 1.70 bits per heavy atom. The normalized spacial score (nSPS) is 10.9. The lowest BCUT2D eigenvalue weighted by molar-refractivity contribution is -0.135. The lowest BCUT2D eigenvalue weighted by atomic mass is 10.1. The van der Waals surface area contributed by atoms with Gasteiger partial charge in [-0.15, -0.1) is 0 Å². The van der Waals surface area contributed by atoms with Gasteiger partial charge in [0.15, 0.2) is 0 Å². The fourth-order valence-corrected chi connectivity index (χ4v) is 2.26. The first-order chi connectivity index (χ1) is 9.60. The first kappa shape index (κ1) is 12.7. The number of fused-ring (bicyclic) bond motifs is 3. The molecule has 5 heteroatoms. The summed E-state index contributed by atoms with van der Waals surface area (Å²) in [4.78, 5) is 23.0. The molecule has 0 aliphatic heterocycles. The summed E-state index contributed by atoms with van der Waals surface area (Å²) in [6, 6.07) is 10.2. The molecule has 0 aliphatic rings. The van der Waals surface area contributed by atoms with E-state index in [-0.39, 0.29) is 5.56 Å². The van der Waals surface area contributed by atoms with Gasteiger partial charge in [-0.1, -0.05) is 11.6 Å². The van der Waals surface area contributed by atoms with Crippen LogP contribution in [0.15, 0.2) is 40.8 Å². The predicted molar refractivity (Wildman–Crippen MR) is 75.1 cm³/mol. The fourth-order valence-electron chi connectivity index (χ4n) is 2.10. The average molecular weight is 289 g/mol. The molecule has 0 saturated heterocycles. The van der Waals surface area contributed by atoms with Crippen molar-refractivity contribution in [1.29, 1.82) is 0 Å². The van der Waals surface area contributed by atoms with Crippen LogP contribution in [0.4, 0.5) is 0 Å². The van der Waals surface area contributed by atoms with Gasteiger partial charge < -0.3 is 9.15 Å². The van der Waals surface area contributed by atoms with Crippen LogP contribution >= 0.6 is 11.6 Å². The van der Waals surface area contributed by atoms with Crippen LogP contribution in [0, 0.1) is 0 Å². The van der Waals surface area contributed by atoms with Crippen molar-refractivity contribution < 1.29 is 18.7 Å². The predicted octanol–water partition coefficient (Wildman–Crippen LogP) is 3.60. The monoisotopic (exact) mass is 288 g/mol. The molecule has 4 nitrogen and oxygen atoms in total. The average Bonchev–Trinajstić information content (AvgIpc) is 2.81. The Bertz CT molecular complexity index is 848. The molecule has 0 saturated carbocycles. The summed E-state index contributed by atoms with van der Waals surface area (Å²) in [5, 5.41) is 2.34. The second-order valence-corrected chi connectivity index (χ2v) is 4.71. The molecule has 3 rings (SSSR count). The van der Waals surface area contributed by atoms with Gasteiger partial charge in [0.1, 0.15) is 11.2 Å². The minimum Gasteiger partial charge on any atom is -0.463 e. The molecular weight excluding hydrogens is 280 g/mol. The third kappa shape index (κ3) is 1.94. The minimum absolute atomic E-state index is 0.231. The van der Waals surface area contributed by atoms with Crippen LogP contribution in [0.2, 0.25) is 5.02 Å². The van der Waals surface area contributed by atoms with Crippen molar-refractivity contribution in [2.24, 2.45) is 0 Å². The SMILES string of the molecule is COC(=O)C(=O)c1ccc2c(c1)oc1cc(Cl)ccc12. The van der Waals surface area contributed by atoms with E-state index in [4.69, 9.17) is 16.0 Å². The second kappa shape index (κ2) is 4.65. The van der Waals surface area contributed by atoms with Crippen LogP contribution < -0.4 is 0 Å². The van der Waals surface area contributed by atoms with Gasteiger partial charge in [-0.3, -0.25) is 4.79 Å². The number of hydrogen-bond donors (Lipinski definition) is 0. The maximum atomic E-state index is 11.8. The molecule has 0 atom stereocenters. The number of benzene rings is 2. The molecule has 2 aromatic carbocycles. The van der Waals surface area contributed by atoms with Crippen molar-refractivity contribution >= 4 is 45.3 Å². The number of Topliss-reactive ketones (excluding diaryl/α,β-unsaturated/α-hetero) is 1. The summed E-state index contributed by atoms with van der Waals surface area (Å²) in [7, 11) is 1.17. The molecule has 0 fully saturated rings. The number of hydrogen-bond acceptors (Lipinski definition) is 4. The quantitative estimate of drug-likeness (QED) is 0.411. The molecule has 0 aliphatic carbocycles. The van der Waals surface area contributed by atoms with Crippen LogP contribution in [0.1, 0.15) is 10.4 Å². The van der Waals surface area contributed by atoms with E-state index in [2.05, 4.69) is 4.74 Å². The highest BCUT2D eigenvalue weighted by Gasteiger charge is 2.18. The summed E-state index contributed by atoms with van der Waals surface area (Å²) >= 11 is 5.91. The summed E-state index contributed by atoms with van der Waals surface area (Å²) in [6.45, 7) is 0. The van der Waals surface area contributed by atoms with E-state index in [0.29, 0.717) is 16.2 Å². The topological polar surface area (TPSA) is 56.5 Å². The summed E-state index contributed by atoms with van der Waals surface area (Å²) in [5.41, 5.74) is 1.39. The van der Waals surface area contributed by atoms with E-state index >= 15 is 0 Å².